The number of benzene rings is 1. The van der Waals surface area contributed by atoms with Crippen LogP contribution in [-0.4, -0.2) is 33.6 Å². The van der Waals surface area contributed by atoms with Gasteiger partial charge >= 0.3 is 12.0 Å². The van der Waals surface area contributed by atoms with Gasteiger partial charge in [-0.05, 0) is 25.1 Å². The summed E-state index contributed by atoms with van der Waals surface area (Å²) in [5.41, 5.74) is 0.234. The van der Waals surface area contributed by atoms with Gasteiger partial charge in [0.2, 0.25) is 10.0 Å². The summed E-state index contributed by atoms with van der Waals surface area (Å²) in [5.74, 6) is -0.569. The molecule has 0 saturated carbocycles. The van der Waals surface area contributed by atoms with Crippen LogP contribution in [0.15, 0.2) is 29.2 Å². The summed E-state index contributed by atoms with van der Waals surface area (Å²) in [5, 5.41) is 9.61. The number of sulfonamides is 1. The second-order valence-electron chi connectivity index (χ2n) is 3.69. The molecule has 0 saturated heterocycles. The highest BCUT2D eigenvalue weighted by Gasteiger charge is 2.10. The molecular formula is C11H15N3O5S. The molecular weight excluding hydrogens is 286 g/mol. The van der Waals surface area contributed by atoms with Gasteiger partial charge in [-0.25, -0.2) is 18.4 Å². The van der Waals surface area contributed by atoms with Crippen molar-refractivity contribution >= 4 is 27.7 Å². The van der Waals surface area contributed by atoms with E-state index in [4.69, 9.17) is 5.14 Å². The van der Waals surface area contributed by atoms with E-state index in [2.05, 4.69) is 15.4 Å². The van der Waals surface area contributed by atoms with Crippen molar-refractivity contribution < 1.29 is 22.7 Å². The molecule has 4 N–H and O–H groups in total. The van der Waals surface area contributed by atoms with Crippen LogP contribution in [0, 0.1) is 0 Å². The fraction of sp³-hybridized carbons (Fsp3) is 0.273. The normalized spacial score (nSPS) is 10.7. The molecule has 0 aliphatic carbocycles. The van der Waals surface area contributed by atoms with Gasteiger partial charge in [0.25, 0.3) is 0 Å². The standard InChI is InChI=1S/C11H15N3O5S/c1-2-19-10(15)7-13-11(16)14-8-4-3-5-9(6-8)20(12,17)18/h3-6H,2,7H2,1H3,(H2,12,17,18)(H2,13,14,16). The number of carbonyl (C=O) groups excluding carboxylic acids is 2. The van der Waals surface area contributed by atoms with Crippen LogP contribution in [0.1, 0.15) is 6.92 Å². The molecule has 1 aromatic carbocycles. The zero-order valence-electron chi connectivity index (χ0n) is 10.8. The molecule has 0 bridgehead atoms. The topological polar surface area (TPSA) is 128 Å². The quantitative estimate of drug-likeness (QED) is 0.660. The highest BCUT2D eigenvalue weighted by Crippen LogP contribution is 2.13. The third-order valence-corrected chi connectivity index (χ3v) is 3.03. The SMILES string of the molecule is CCOC(=O)CNC(=O)Nc1cccc(S(N)(=O)=O)c1. The molecule has 2 amide bonds. The number of anilines is 1. The number of ether oxygens (including phenoxy) is 1. The number of primary sulfonamides is 1. The maximum absolute atomic E-state index is 11.5. The van der Waals surface area contributed by atoms with Crippen molar-refractivity contribution in [3.63, 3.8) is 0 Å². The van der Waals surface area contributed by atoms with Gasteiger partial charge in [0.1, 0.15) is 6.54 Å². The van der Waals surface area contributed by atoms with Crippen LogP contribution in [0.25, 0.3) is 0 Å². The molecule has 0 aromatic heterocycles. The summed E-state index contributed by atoms with van der Waals surface area (Å²) < 4.78 is 26.9. The Morgan fingerprint density at radius 1 is 1.35 bits per heavy atom. The lowest BCUT2D eigenvalue weighted by molar-refractivity contribution is -0.141. The van der Waals surface area contributed by atoms with Crippen LogP contribution in [0.3, 0.4) is 0 Å². The van der Waals surface area contributed by atoms with Crippen molar-refractivity contribution in [3.8, 4) is 0 Å². The largest absolute Gasteiger partial charge is 0.465 e. The first-order valence-electron chi connectivity index (χ1n) is 5.66. The Morgan fingerprint density at radius 2 is 2.05 bits per heavy atom. The Kier molecular flexibility index (Phi) is 5.47. The molecule has 0 aliphatic rings. The highest BCUT2D eigenvalue weighted by molar-refractivity contribution is 7.89. The van der Waals surface area contributed by atoms with E-state index < -0.39 is 22.0 Å². The van der Waals surface area contributed by atoms with Gasteiger partial charge in [-0.2, -0.15) is 0 Å². The van der Waals surface area contributed by atoms with Gasteiger partial charge in [0, 0.05) is 5.69 Å². The fourth-order valence-electron chi connectivity index (χ4n) is 1.29. The Labute approximate surface area is 116 Å². The molecule has 110 valence electrons. The van der Waals surface area contributed by atoms with E-state index in [1.165, 1.54) is 24.3 Å². The third kappa shape index (κ3) is 5.24. The monoisotopic (exact) mass is 301 g/mol. The van der Waals surface area contributed by atoms with E-state index in [1.807, 2.05) is 0 Å². The number of amides is 2. The first-order chi connectivity index (χ1) is 9.32. The van der Waals surface area contributed by atoms with Crippen molar-refractivity contribution in [2.45, 2.75) is 11.8 Å². The summed E-state index contributed by atoms with van der Waals surface area (Å²) in [6.45, 7) is 1.59. The van der Waals surface area contributed by atoms with E-state index in [0.717, 1.165) is 0 Å². The van der Waals surface area contributed by atoms with E-state index >= 15 is 0 Å². The number of hydrogen-bond donors (Lipinski definition) is 3. The van der Waals surface area contributed by atoms with Crippen LogP contribution in [0.2, 0.25) is 0 Å². The van der Waals surface area contributed by atoms with Crippen molar-refractivity contribution in [1.82, 2.24) is 5.32 Å². The molecule has 0 unspecified atom stereocenters. The third-order valence-electron chi connectivity index (χ3n) is 2.12. The highest BCUT2D eigenvalue weighted by atomic mass is 32.2. The summed E-state index contributed by atoms with van der Waals surface area (Å²) in [6.07, 6.45) is 0. The average Bonchev–Trinajstić information content (AvgIpc) is 2.36. The van der Waals surface area contributed by atoms with Gasteiger partial charge in [-0.3, -0.25) is 4.79 Å². The summed E-state index contributed by atoms with van der Waals surface area (Å²) in [6, 6.07) is 4.76. The van der Waals surface area contributed by atoms with Crippen molar-refractivity contribution in [2.24, 2.45) is 5.14 Å². The Morgan fingerprint density at radius 3 is 2.65 bits per heavy atom. The molecule has 1 aromatic rings. The van der Waals surface area contributed by atoms with Gasteiger partial charge in [-0.1, -0.05) is 6.07 Å². The van der Waals surface area contributed by atoms with E-state index in [1.54, 1.807) is 6.92 Å². The average molecular weight is 301 g/mol. The molecule has 20 heavy (non-hydrogen) atoms. The predicted molar refractivity (Wildman–Crippen MR) is 71.5 cm³/mol. The van der Waals surface area contributed by atoms with E-state index in [0.29, 0.717) is 0 Å². The molecule has 1 rings (SSSR count). The van der Waals surface area contributed by atoms with Crippen LogP contribution < -0.4 is 15.8 Å². The Bertz CT molecular complexity index is 600. The van der Waals surface area contributed by atoms with Crippen LogP contribution in [0.5, 0.6) is 0 Å². The molecule has 0 fully saturated rings. The molecule has 0 aliphatic heterocycles. The van der Waals surface area contributed by atoms with Gasteiger partial charge < -0.3 is 15.4 Å². The fourth-order valence-corrected chi connectivity index (χ4v) is 1.85. The van der Waals surface area contributed by atoms with Crippen molar-refractivity contribution in [2.75, 3.05) is 18.5 Å². The first kappa shape index (κ1) is 15.9. The number of nitrogens with two attached hydrogens (primary N) is 1. The van der Waals surface area contributed by atoms with Gasteiger partial charge in [0.15, 0.2) is 0 Å². The second kappa shape index (κ2) is 6.87. The van der Waals surface area contributed by atoms with Crippen LogP contribution in [-0.2, 0) is 19.6 Å². The molecule has 9 heteroatoms. The Hall–Kier alpha value is -2.13. The maximum atomic E-state index is 11.5. The van der Waals surface area contributed by atoms with Crippen LogP contribution >= 0.6 is 0 Å². The summed E-state index contributed by atoms with van der Waals surface area (Å²) in [7, 11) is -3.84. The number of rotatable bonds is 5. The van der Waals surface area contributed by atoms with Gasteiger partial charge in [-0.15, -0.1) is 0 Å². The van der Waals surface area contributed by atoms with Gasteiger partial charge in [0.05, 0.1) is 11.5 Å². The van der Waals surface area contributed by atoms with E-state index in [-0.39, 0.29) is 23.7 Å². The lowest BCUT2D eigenvalue weighted by Gasteiger charge is -2.08. The number of hydrogen-bond acceptors (Lipinski definition) is 5. The molecule has 0 heterocycles. The molecule has 0 atom stereocenters. The second-order valence-corrected chi connectivity index (χ2v) is 5.25. The van der Waals surface area contributed by atoms with E-state index in [9.17, 15) is 18.0 Å². The minimum Gasteiger partial charge on any atom is -0.465 e. The minimum absolute atomic E-state index is 0.124. The maximum Gasteiger partial charge on any atom is 0.325 e. The van der Waals surface area contributed by atoms with Crippen molar-refractivity contribution in [1.29, 1.82) is 0 Å². The van der Waals surface area contributed by atoms with Crippen LogP contribution in [0.4, 0.5) is 10.5 Å². The summed E-state index contributed by atoms with van der Waals surface area (Å²) >= 11 is 0. The summed E-state index contributed by atoms with van der Waals surface area (Å²) in [4.78, 5) is 22.4. The minimum atomic E-state index is -3.84. The zero-order chi connectivity index (χ0) is 15.2. The molecule has 0 spiro atoms. The molecule has 0 radical (unpaired) electrons. The zero-order valence-corrected chi connectivity index (χ0v) is 11.6. The smallest absolute Gasteiger partial charge is 0.325 e. The molecule has 8 nitrogen and oxygen atoms in total. The predicted octanol–water partition coefficient (Wildman–Crippen LogP) is 0.0186. The number of urea groups is 1. The number of esters is 1. The lowest BCUT2D eigenvalue weighted by Crippen LogP contribution is -2.34. The lowest BCUT2D eigenvalue weighted by atomic mass is 10.3. The number of carbonyl (C=O) groups is 2. The Balaban J connectivity index is 2.61. The number of nitrogens with one attached hydrogen (secondary N) is 2. The van der Waals surface area contributed by atoms with Crippen molar-refractivity contribution in [3.05, 3.63) is 24.3 Å². The first-order valence-corrected chi connectivity index (χ1v) is 7.21.